The van der Waals surface area contributed by atoms with Crippen molar-refractivity contribution < 1.29 is 31.8 Å². The van der Waals surface area contributed by atoms with Gasteiger partial charge in [-0.15, -0.1) is 18.3 Å². The molecule has 9 nitrogen and oxygen atoms in total. The first kappa shape index (κ1) is 23.2. The molecule has 178 valence electrons. The zero-order valence-corrected chi connectivity index (χ0v) is 17.2. The highest BCUT2D eigenvalue weighted by Gasteiger charge is 2.41. The molecule has 0 saturated heterocycles. The van der Waals surface area contributed by atoms with Gasteiger partial charge in [0.05, 0.1) is 29.8 Å². The Hall–Kier alpha value is -3.94. The van der Waals surface area contributed by atoms with Crippen molar-refractivity contribution in [2.75, 3.05) is 0 Å². The van der Waals surface area contributed by atoms with Gasteiger partial charge in [-0.3, -0.25) is 9.36 Å². The van der Waals surface area contributed by atoms with Crippen LogP contribution in [0.15, 0.2) is 53.8 Å². The minimum absolute atomic E-state index is 0.0757. The summed E-state index contributed by atoms with van der Waals surface area (Å²) in [6.45, 7) is 0.968. The fourth-order valence-electron chi connectivity index (χ4n) is 3.60. The molecule has 4 aromatic rings. The Morgan fingerprint density at radius 2 is 1.88 bits per heavy atom. The SMILES string of the molecule is C[C@@H](n1cnc2cc(OC(F)(F)F)ccc2c1=O)[C@](O)(Cn1cnnn1)c1ccc(F)cc1F. The van der Waals surface area contributed by atoms with Crippen LogP contribution in [0, 0.1) is 11.6 Å². The van der Waals surface area contributed by atoms with Gasteiger partial charge in [-0.25, -0.2) is 18.4 Å². The highest BCUT2D eigenvalue weighted by Crippen LogP contribution is 2.36. The van der Waals surface area contributed by atoms with E-state index < -0.39 is 47.5 Å². The molecule has 2 aromatic carbocycles. The number of alkyl halides is 3. The van der Waals surface area contributed by atoms with Crippen LogP contribution in [0.2, 0.25) is 0 Å². The van der Waals surface area contributed by atoms with Crippen LogP contribution in [0.3, 0.4) is 0 Å². The maximum atomic E-state index is 14.7. The summed E-state index contributed by atoms with van der Waals surface area (Å²) in [6, 6.07) is 4.31. The number of rotatable bonds is 6. The highest BCUT2D eigenvalue weighted by molar-refractivity contribution is 5.78. The van der Waals surface area contributed by atoms with Crippen LogP contribution in [0.5, 0.6) is 5.75 Å². The summed E-state index contributed by atoms with van der Waals surface area (Å²) >= 11 is 0. The molecular formula is C20H15F5N6O3. The van der Waals surface area contributed by atoms with Gasteiger partial charge in [0.15, 0.2) is 0 Å². The summed E-state index contributed by atoms with van der Waals surface area (Å²) in [7, 11) is 0. The van der Waals surface area contributed by atoms with Gasteiger partial charge in [0, 0.05) is 17.7 Å². The number of benzene rings is 2. The lowest BCUT2D eigenvalue weighted by molar-refractivity contribution is -0.274. The van der Waals surface area contributed by atoms with Crippen molar-refractivity contribution in [2.45, 2.75) is 31.5 Å². The van der Waals surface area contributed by atoms with Gasteiger partial charge in [-0.2, -0.15) is 0 Å². The molecule has 2 aromatic heterocycles. The van der Waals surface area contributed by atoms with E-state index in [9.17, 15) is 31.9 Å². The van der Waals surface area contributed by atoms with Gasteiger partial charge in [0.1, 0.15) is 29.3 Å². The third-order valence-corrected chi connectivity index (χ3v) is 5.29. The normalized spacial score (nSPS) is 14.7. The van der Waals surface area contributed by atoms with Crippen LogP contribution in [-0.2, 0) is 12.1 Å². The predicted molar refractivity (Wildman–Crippen MR) is 105 cm³/mol. The third-order valence-electron chi connectivity index (χ3n) is 5.29. The molecule has 4 rings (SSSR count). The van der Waals surface area contributed by atoms with Crippen LogP contribution < -0.4 is 10.3 Å². The van der Waals surface area contributed by atoms with Crippen molar-refractivity contribution in [3.63, 3.8) is 0 Å². The second kappa shape index (κ2) is 8.44. The average Bonchev–Trinajstić information content (AvgIpc) is 3.25. The van der Waals surface area contributed by atoms with Gasteiger partial charge < -0.3 is 9.84 Å². The molecule has 0 aliphatic carbocycles. The van der Waals surface area contributed by atoms with E-state index in [-0.39, 0.29) is 16.5 Å². The van der Waals surface area contributed by atoms with E-state index in [1.54, 1.807) is 0 Å². The second-order valence-corrected chi connectivity index (χ2v) is 7.42. The monoisotopic (exact) mass is 482 g/mol. The van der Waals surface area contributed by atoms with Crippen molar-refractivity contribution in [1.82, 2.24) is 29.8 Å². The van der Waals surface area contributed by atoms with Crippen LogP contribution in [0.25, 0.3) is 10.9 Å². The molecule has 2 heterocycles. The third kappa shape index (κ3) is 4.44. The highest BCUT2D eigenvalue weighted by atomic mass is 19.4. The molecule has 34 heavy (non-hydrogen) atoms. The molecule has 14 heteroatoms. The Morgan fingerprint density at radius 1 is 1.12 bits per heavy atom. The fraction of sp³-hybridized carbons (Fsp3) is 0.250. The molecule has 2 atom stereocenters. The van der Waals surface area contributed by atoms with Crippen LogP contribution in [0.1, 0.15) is 18.5 Å². The zero-order chi connectivity index (χ0) is 24.7. The summed E-state index contributed by atoms with van der Waals surface area (Å²) in [5.41, 5.74) is -3.33. The van der Waals surface area contributed by atoms with Gasteiger partial charge >= 0.3 is 6.36 Å². The van der Waals surface area contributed by atoms with Gasteiger partial charge in [0.25, 0.3) is 5.56 Å². The van der Waals surface area contributed by atoms with E-state index >= 15 is 0 Å². The lowest BCUT2D eigenvalue weighted by atomic mass is 9.86. The average molecular weight is 482 g/mol. The molecule has 0 radical (unpaired) electrons. The van der Waals surface area contributed by atoms with E-state index in [1.165, 1.54) is 6.92 Å². The van der Waals surface area contributed by atoms with Gasteiger partial charge in [-0.05, 0) is 35.5 Å². The lowest BCUT2D eigenvalue weighted by Crippen LogP contribution is -2.43. The standard InChI is InChI=1S/C20H15F5N6O3/c1-11(19(33,8-30-10-27-28-29-30)15-5-2-12(21)6-16(15)22)31-9-26-17-7-13(34-20(23,24)25)3-4-14(17)18(31)32/h2-7,9-11,33H,8H2,1H3/t11-,19-/m1/s1. The quantitative estimate of drug-likeness (QED) is 0.421. The Labute approximate surface area is 187 Å². The Balaban J connectivity index is 1.81. The Morgan fingerprint density at radius 3 is 2.53 bits per heavy atom. The maximum Gasteiger partial charge on any atom is 0.573 e. The molecule has 0 fully saturated rings. The van der Waals surface area contributed by atoms with Crippen LogP contribution in [-0.4, -0.2) is 41.2 Å². The minimum atomic E-state index is -4.93. The molecule has 0 saturated carbocycles. The summed E-state index contributed by atoms with van der Waals surface area (Å²) in [4.78, 5) is 17.1. The number of hydrogen-bond donors (Lipinski definition) is 1. The molecule has 1 N–H and O–H groups in total. The molecule has 0 bridgehead atoms. The van der Waals surface area contributed by atoms with Crippen molar-refractivity contribution in [2.24, 2.45) is 0 Å². The number of halogens is 5. The topological polar surface area (TPSA) is 108 Å². The first-order valence-electron chi connectivity index (χ1n) is 9.63. The summed E-state index contributed by atoms with van der Waals surface area (Å²) in [5, 5.41) is 22.1. The maximum absolute atomic E-state index is 14.7. The number of aromatic nitrogens is 6. The number of nitrogens with zero attached hydrogens (tertiary/aromatic N) is 6. The van der Waals surface area contributed by atoms with Crippen molar-refractivity contribution in [3.05, 3.63) is 76.6 Å². The molecular weight excluding hydrogens is 467 g/mol. The number of tetrazole rings is 1. The first-order chi connectivity index (χ1) is 16.0. The van der Waals surface area contributed by atoms with Crippen molar-refractivity contribution in [3.8, 4) is 5.75 Å². The molecule has 0 amide bonds. The Kier molecular flexibility index (Phi) is 5.77. The number of fused-ring (bicyclic) bond motifs is 1. The van der Waals surface area contributed by atoms with Crippen molar-refractivity contribution in [1.29, 1.82) is 0 Å². The minimum Gasteiger partial charge on any atom is -0.406 e. The number of hydrogen-bond acceptors (Lipinski definition) is 7. The molecule has 0 aliphatic heterocycles. The smallest absolute Gasteiger partial charge is 0.406 e. The molecule has 0 aliphatic rings. The van der Waals surface area contributed by atoms with E-state index in [4.69, 9.17) is 0 Å². The van der Waals surface area contributed by atoms with E-state index in [0.29, 0.717) is 6.07 Å². The fourth-order valence-corrected chi connectivity index (χ4v) is 3.60. The van der Waals surface area contributed by atoms with E-state index in [2.05, 4.69) is 25.2 Å². The summed E-state index contributed by atoms with van der Waals surface area (Å²) in [6.07, 6.45) is -2.77. The predicted octanol–water partition coefficient (Wildman–Crippen LogP) is 2.71. The van der Waals surface area contributed by atoms with Gasteiger partial charge in [-0.1, -0.05) is 6.07 Å². The Bertz CT molecular complexity index is 1390. The summed E-state index contributed by atoms with van der Waals surface area (Å²) < 4.78 is 71.6. The largest absolute Gasteiger partial charge is 0.573 e. The molecule has 0 unspecified atom stereocenters. The number of aliphatic hydroxyl groups is 1. The van der Waals surface area contributed by atoms with Crippen LogP contribution >= 0.6 is 0 Å². The number of ether oxygens (including phenoxy) is 1. The zero-order valence-electron chi connectivity index (χ0n) is 17.2. The lowest BCUT2D eigenvalue weighted by Gasteiger charge is -2.35. The summed E-state index contributed by atoms with van der Waals surface area (Å²) in [5.74, 6) is -2.51. The van der Waals surface area contributed by atoms with E-state index in [0.717, 1.165) is 52.2 Å². The molecule has 0 spiro atoms. The van der Waals surface area contributed by atoms with Crippen LogP contribution in [0.4, 0.5) is 22.0 Å². The van der Waals surface area contributed by atoms with Crippen molar-refractivity contribution >= 4 is 10.9 Å². The van der Waals surface area contributed by atoms with E-state index in [1.807, 2.05) is 0 Å². The van der Waals surface area contributed by atoms with Gasteiger partial charge in [0.2, 0.25) is 0 Å². The first-order valence-corrected chi connectivity index (χ1v) is 9.63. The second-order valence-electron chi connectivity index (χ2n) is 7.42.